The van der Waals surface area contributed by atoms with Gasteiger partial charge in [0.15, 0.2) is 0 Å². The molecule has 0 bridgehead atoms. The highest BCUT2D eigenvalue weighted by Gasteiger charge is 2.23. The van der Waals surface area contributed by atoms with Crippen molar-refractivity contribution in [3.8, 4) is 0 Å². The Balaban J connectivity index is 1.29. The van der Waals surface area contributed by atoms with Crippen LogP contribution in [-0.4, -0.2) is 53.6 Å². The minimum atomic E-state index is -0.116. The zero-order valence-electron chi connectivity index (χ0n) is 17.0. The molecular formula is C23H27N3O2S2. The van der Waals surface area contributed by atoms with Gasteiger partial charge in [-0.2, -0.15) is 11.8 Å². The first-order chi connectivity index (χ1) is 14.7. The molecule has 0 atom stereocenters. The second-order valence-electron chi connectivity index (χ2n) is 7.50. The lowest BCUT2D eigenvalue weighted by Crippen LogP contribution is -2.35. The molecule has 2 aromatic carbocycles. The molecule has 2 amide bonds. The Labute approximate surface area is 186 Å². The number of thioether (sulfide) groups is 2. The Hall–Kier alpha value is -1.96. The smallest absolute Gasteiger partial charge is 0.227 e. The second kappa shape index (κ2) is 10.4. The molecule has 0 aliphatic carbocycles. The number of carbonyl (C=O) groups is 2. The van der Waals surface area contributed by atoms with Crippen molar-refractivity contribution < 1.29 is 9.59 Å². The van der Waals surface area contributed by atoms with Crippen molar-refractivity contribution in [2.24, 2.45) is 0 Å². The number of nitrogens with zero attached hydrogens (tertiary/aromatic N) is 2. The Morgan fingerprint density at radius 1 is 0.933 bits per heavy atom. The van der Waals surface area contributed by atoms with Crippen LogP contribution in [0.4, 0.5) is 11.4 Å². The first-order valence-electron chi connectivity index (χ1n) is 10.4. The fourth-order valence-electron chi connectivity index (χ4n) is 3.77. The second-order valence-corrected chi connectivity index (χ2v) is 9.86. The number of anilines is 2. The molecular weight excluding hydrogens is 414 g/mol. The number of fused-ring (bicyclic) bond motifs is 1. The number of para-hydroxylation sites is 1. The largest absolute Gasteiger partial charge is 0.326 e. The standard InChI is InChI=1S/C23H27N3O2S2/c27-22(8-9-23(28)26-12-15-30-21-7-2-1-6-20(21)26)24-19-5-3-4-18(16-19)17-25-10-13-29-14-11-25/h1-7,16H,8-15,17H2,(H,24,27). The summed E-state index contributed by atoms with van der Waals surface area (Å²) in [7, 11) is 0. The van der Waals surface area contributed by atoms with Crippen LogP contribution in [0.15, 0.2) is 53.4 Å². The molecule has 4 rings (SSSR count). The van der Waals surface area contributed by atoms with Gasteiger partial charge < -0.3 is 10.2 Å². The normalized spacial score (nSPS) is 16.7. The molecule has 2 aliphatic rings. The van der Waals surface area contributed by atoms with Crippen molar-refractivity contribution in [2.75, 3.05) is 47.1 Å². The van der Waals surface area contributed by atoms with E-state index in [1.807, 2.05) is 59.1 Å². The molecule has 1 N–H and O–H groups in total. The summed E-state index contributed by atoms with van der Waals surface area (Å²) in [6.45, 7) is 3.83. The number of nitrogens with one attached hydrogen (secondary N) is 1. The molecule has 7 heteroatoms. The SMILES string of the molecule is O=C(CCC(=O)N1CCSc2ccccc21)Nc1cccc(CN2CCSCC2)c1. The van der Waals surface area contributed by atoms with Crippen molar-refractivity contribution in [3.05, 3.63) is 54.1 Å². The predicted molar refractivity (Wildman–Crippen MR) is 126 cm³/mol. The Morgan fingerprint density at radius 2 is 1.77 bits per heavy atom. The van der Waals surface area contributed by atoms with E-state index in [4.69, 9.17) is 0 Å². The van der Waals surface area contributed by atoms with Crippen LogP contribution in [0.3, 0.4) is 0 Å². The zero-order chi connectivity index (χ0) is 20.8. The third kappa shape index (κ3) is 5.59. The molecule has 5 nitrogen and oxygen atoms in total. The van der Waals surface area contributed by atoms with Gasteiger partial charge in [0.25, 0.3) is 0 Å². The van der Waals surface area contributed by atoms with Gasteiger partial charge in [-0.15, -0.1) is 11.8 Å². The molecule has 30 heavy (non-hydrogen) atoms. The van der Waals surface area contributed by atoms with Crippen LogP contribution in [0.2, 0.25) is 0 Å². The lowest BCUT2D eigenvalue weighted by Gasteiger charge is -2.29. The van der Waals surface area contributed by atoms with Crippen molar-refractivity contribution in [1.29, 1.82) is 0 Å². The molecule has 0 aromatic heterocycles. The predicted octanol–water partition coefficient (Wildman–Crippen LogP) is 4.09. The maximum atomic E-state index is 12.7. The molecule has 158 valence electrons. The fraction of sp³-hybridized carbons (Fsp3) is 0.391. The summed E-state index contributed by atoms with van der Waals surface area (Å²) < 4.78 is 0. The number of rotatable bonds is 6. The third-order valence-electron chi connectivity index (χ3n) is 5.32. The van der Waals surface area contributed by atoms with Crippen LogP contribution in [0, 0.1) is 0 Å². The van der Waals surface area contributed by atoms with E-state index in [1.54, 1.807) is 11.8 Å². The van der Waals surface area contributed by atoms with Gasteiger partial charge in [0.2, 0.25) is 11.8 Å². The van der Waals surface area contributed by atoms with Gasteiger partial charge in [0.05, 0.1) is 5.69 Å². The quantitative estimate of drug-likeness (QED) is 0.732. The molecule has 2 heterocycles. The number of benzene rings is 2. The van der Waals surface area contributed by atoms with E-state index >= 15 is 0 Å². The molecule has 0 unspecified atom stereocenters. The first-order valence-corrected chi connectivity index (χ1v) is 12.5. The summed E-state index contributed by atoms with van der Waals surface area (Å²) in [6.07, 6.45) is 0.411. The molecule has 0 saturated carbocycles. The minimum absolute atomic E-state index is 0.00891. The summed E-state index contributed by atoms with van der Waals surface area (Å²) in [5.74, 6) is 3.15. The lowest BCUT2D eigenvalue weighted by atomic mass is 10.1. The average molecular weight is 442 g/mol. The van der Waals surface area contributed by atoms with Crippen molar-refractivity contribution in [2.45, 2.75) is 24.3 Å². The van der Waals surface area contributed by atoms with Crippen molar-refractivity contribution >= 4 is 46.7 Å². The van der Waals surface area contributed by atoms with Gasteiger partial charge in [-0.1, -0.05) is 24.3 Å². The van der Waals surface area contributed by atoms with Gasteiger partial charge >= 0.3 is 0 Å². The Kier molecular flexibility index (Phi) is 7.36. The van der Waals surface area contributed by atoms with E-state index in [-0.39, 0.29) is 24.7 Å². The van der Waals surface area contributed by atoms with E-state index in [2.05, 4.69) is 16.3 Å². The van der Waals surface area contributed by atoms with E-state index in [9.17, 15) is 9.59 Å². The van der Waals surface area contributed by atoms with Gasteiger partial charge in [-0.3, -0.25) is 14.5 Å². The van der Waals surface area contributed by atoms with E-state index in [0.29, 0.717) is 6.54 Å². The van der Waals surface area contributed by atoms with Crippen LogP contribution in [0.25, 0.3) is 0 Å². The summed E-state index contributed by atoms with van der Waals surface area (Å²) >= 11 is 3.78. The maximum Gasteiger partial charge on any atom is 0.227 e. The first kappa shape index (κ1) is 21.3. The summed E-state index contributed by atoms with van der Waals surface area (Å²) in [5, 5.41) is 2.96. The molecule has 2 aliphatic heterocycles. The van der Waals surface area contributed by atoms with Crippen LogP contribution < -0.4 is 10.2 Å². The van der Waals surface area contributed by atoms with Crippen molar-refractivity contribution in [3.63, 3.8) is 0 Å². The molecule has 0 radical (unpaired) electrons. The van der Waals surface area contributed by atoms with Crippen LogP contribution >= 0.6 is 23.5 Å². The van der Waals surface area contributed by atoms with Crippen LogP contribution in [-0.2, 0) is 16.1 Å². The summed E-state index contributed by atoms with van der Waals surface area (Å²) in [4.78, 5) is 30.6. The van der Waals surface area contributed by atoms with E-state index < -0.39 is 0 Å². The fourth-order valence-corrected chi connectivity index (χ4v) is 5.75. The molecule has 1 fully saturated rings. The number of hydrogen-bond acceptors (Lipinski definition) is 5. The number of carbonyl (C=O) groups excluding carboxylic acids is 2. The summed E-state index contributed by atoms with van der Waals surface area (Å²) in [5.41, 5.74) is 2.97. The van der Waals surface area contributed by atoms with Crippen molar-refractivity contribution in [1.82, 2.24) is 4.90 Å². The van der Waals surface area contributed by atoms with E-state index in [1.165, 1.54) is 17.1 Å². The minimum Gasteiger partial charge on any atom is -0.326 e. The maximum absolute atomic E-state index is 12.7. The van der Waals surface area contributed by atoms with Gasteiger partial charge in [-0.05, 0) is 29.8 Å². The number of amides is 2. The van der Waals surface area contributed by atoms with Gasteiger partial charge in [0.1, 0.15) is 0 Å². The third-order valence-corrected chi connectivity index (χ3v) is 7.30. The highest BCUT2D eigenvalue weighted by molar-refractivity contribution is 7.99. The lowest BCUT2D eigenvalue weighted by molar-refractivity contribution is -0.122. The Bertz CT molecular complexity index is 900. The van der Waals surface area contributed by atoms with Crippen LogP contribution in [0.1, 0.15) is 18.4 Å². The number of hydrogen-bond donors (Lipinski definition) is 1. The average Bonchev–Trinajstić information content (AvgIpc) is 2.78. The molecule has 2 aromatic rings. The van der Waals surface area contributed by atoms with E-state index in [0.717, 1.165) is 41.7 Å². The molecule has 1 saturated heterocycles. The Morgan fingerprint density at radius 3 is 2.63 bits per heavy atom. The van der Waals surface area contributed by atoms with Crippen LogP contribution in [0.5, 0.6) is 0 Å². The topological polar surface area (TPSA) is 52.7 Å². The highest BCUT2D eigenvalue weighted by Crippen LogP contribution is 2.34. The van der Waals surface area contributed by atoms with Gasteiger partial charge in [0, 0.05) is 66.9 Å². The monoisotopic (exact) mass is 441 g/mol. The molecule has 0 spiro atoms. The van der Waals surface area contributed by atoms with Gasteiger partial charge in [-0.25, -0.2) is 0 Å². The highest BCUT2D eigenvalue weighted by atomic mass is 32.2. The zero-order valence-corrected chi connectivity index (χ0v) is 18.6. The summed E-state index contributed by atoms with van der Waals surface area (Å²) in [6, 6.07) is 16.0.